The molecule has 230 valence electrons. The van der Waals surface area contributed by atoms with Crippen molar-refractivity contribution in [1.82, 2.24) is 10.0 Å². The van der Waals surface area contributed by atoms with Gasteiger partial charge in [-0.15, -0.1) is 0 Å². The first-order valence-electron chi connectivity index (χ1n) is 11.8. The van der Waals surface area contributed by atoms with Gasteiger partial charge in [-0.1, -0.05) is 24.3 Å². The smallest absolute Gasteiger partial charge is 0.416 e. The van der Waals surface area contributed by atoms with E-state index in [1.54, 1.807) is 5.32 Å². The molecule has 3 rings (SSSR count). The standard InChI is InChI=1S/C25H21F9N2O5S/c1-42(39,40)36-22(38)19-16(13-3-5-14(6-4-13)20(27)28)12-23(25(32,33)34,35-21(19)37)17-8-7-15(11-18(17)26)41-10-2-9-24(29,30)31/h3-8,11,20H,2,9-10,12H2,1H3,(H,35,37)(H,36,38). The van der Waals surface area contributed by atoms with Crippen LogP contribution in [0.25, 0.3) is 5.57 Å². The van der Waals surface area contributed by atoms with Crippen LogP contribution in [0.15, 0.2) is 48.0 Å². The minimum absolute atomic E-state index is 0.341. The van der Waals surface area contributed by atoms with Crippen molar-refractivity contribution in [2.24, 2.45) is 0 Å². The molecule has 1 aliphatic rings. The Morgan fingerprint density at radius 1 is 1.07 bits per heavy atom. The van der Waals surface area contributed by atoms with Gasteiger partial charge in [0.05, 0.1) is 12.9 Å². The second kappa shape index (κ2) is 11.9. The third kappa shape index (κ3) is 7.54. The molecule has 1 atom stereocenters. The Labute approximate surface area is 232 Å². The lowest BCUT2D eigenvalue weighted by Gasteiger charge is -2.41. The first kappa shape index (κ1) is 32.8. The van der Waals surface area contributed by atoms with Crippen LogP contribution in [0.4, 0.5) is 39.5 Å². The summed E-state index contributed by atoms with van der Waals surface area (Å²) < 4.78 is 152. The minimum Gasteiger partial charge on any atom is -0.493 e. The molecule has 2 N–H and O–H groups in total. The van der Waals surface area contributed by atoms with Crippen LogP contribution in [-0.4, -0.2) is 45.4 Å². The average molecular weight is 633 g/mol. The lowest BCUT2D eigenvalue weighted by atomic mass is 9.76. The van der Waals surface area contributed by atoms with Crippen LogP contribution >= 0.6 is 0 Å². The van der Waals surface area contributed by atoms with Crippen LogP contribution in [-0.2, 0) is 25.2 Å². The Hall–Kier alpha value is -3.76. The maximum atomic E-state index is 15.2. The average Bonchev–Trinajstić information content (AvgIpc) is 2.84. The molecular weight excluding hydrogens is 611 g/mol. The first-order chi connectivity index (χ1) is 19.2. The number of carbonyl (C=O) groups excluding carboxylic acids is 2. The number of hydrogen-bond acceptors (Lipinski definition) is 5. The summed E-state index contributed by atoms with van der Waals surface area (Å²) >= 11 is 0. The number of amides is 2. The molecule has 0 bridgehead atoms. The van der Waals surface area contributed by atoms with Crippen LogP contribution in [0.5, 0.6) is 5.75 Å². The van der Waals surface area contributed by atoms with Crippen molar-refractivity contribution in [1.29, 1.82) is 0 Å². The largest absolute Gasteiger partial charge is 0.493 e. The van der Waals surface area contributed by atoms with Crippen LogP contribution in [0.2, 0.25) is 0 Å². The van der Waals surface area contributed by atoms with Gasteiger partial charge in [-0.3, -0.25) is 9.59 Å². The molecule has 2 aromatic rings. The van der Waals surface area contributed by atoms with E-state index in [-0.39, 0.29) is 5.56 Å². The highest BCUT2D eigenvalue weighted by Gasteiger charge is 2.61. The van der Waals surface area contributed by atoms with Gasteiger partial charge in [0.25, 0.3) is 18.2 Å². The van der Waals surface area contributed by atoms with Crippen LogP contribution < -0.4 is 14.8 Å². The fraction of sp³-hybridized carbons (Fsp3) is 0.360. The predicted molar refractivity (Wildman–Crippen MR) is 129 cm³/mol. The van der Waals surface area contributed by atoms with Crippen molar-refractivity contribution < 1.29 is 62.3 Å². The summed E-state index contributed by atoms with van der Waals surface area (Å²) in [5, 5.41) is 1.56. The van der Waals surface area contributed by atoms with Crippen LogP contribution in [0, 0.1) is 5.82 Å². The van der Waals surface area contributed by atoms with Gasteiger partial charge in [0.15, 0.2) is 5.54 Å². The van der Waals surface area contributed by atoms with Crippen molar-refractivity contribution in [3.05, 3.63) is 70.5 Å². The van der Waals surface area contributed by atoms with E-state index in [4.69, 9.17) is 4.74 Å². The van der Waals surface area contributed by atoms with Gasteiger partial charge in [-0.2, -0.15) is 26.3 Å². The molecule has 0 aromatic heterocycles. The van der Waals surface area contributed by atoms with Gasteiger partial charge in [0.2, 0.25) is 10.0 Å². The Bertz CT molecular complexity index is 1490. The molecule has 2 aromatic carbocycles. The fourth-order valence-corrected chi connectivity index (χ4v) is 4.65. The van der Waals surface area contributed by atoms with E-state index in [0.717, 1.165) is 30.3 Å². The van der Waals surface area contributed by atoms with Gasteiger partial charge in [0, 0.05) is 30.0 Å². The second-order valence-electron chi connectivity index (χ2n) is 9.22. The van der Waals surface area contributed by atoms with E-state index >= 15 is 4.39 Å². The Kier molecular flexibility index (Phi) is 9.24. The molecule has 2 amide bonds. The number of sulfonamides is 1. The summed E-state index contributed by atoms with van der Waals surface area (Å²) in [4.78, 5) is 25.8. The number of ether oxygens (including phenoxy) is 1. The number of benzene rings is 2. The highest BCUT2D eigenvalue weighted by atomic mass is 32.2. The summed E-state index contributed by atoms with van der Waals surface area (Å²) in [6.45, 7) is -0.542. The zero-order valence-electron chi connectivity index (χ0n) is 21.3. The van der Waals surface area contributed by atoms with Gasteiger partial charge in [-0.25, -0.2) is 26.3 Å². The lowest BCUT2D eigenvalue weighted by molar-refractivity contribution is -0.202. The molecule has 1 aliphatic heterocycles. The van der Waals surface area contributed by atoms with Crippen LogP contribution in [0.1, 0.15) is 42.4 Å². The highest BCUT2D eigenvalue weighted by molar-refractivity contribution is 7.89. The van der Waals surface area contributed by atoms with Gasteiger partial charge >= 0.3 is 12.4 Å². The minimum atomic E-state index is -5.47. The van der Waals surface area contributed by atoms with E-state index in [1.807, 2.05) is 0 Å². The summed E-state index contributed by atoms with van der Waals surface area (Å²) in [6, 6.07) is 5.28. The van der Waals surface area contributed by atoms with Gasteiger partial charge < -0.3 is 10.1 Å². The summed E-state index contributed by atoms with van der Waals surface area (Å²) in [7, 11) is -4.33. The van der Waals surface area contributed by atoms with E-state index in [2.05, 4.69) is 0 Å². The number of rotatable bonds is 9. The van der Waals surface area contributed by atoms with E-state index < -0.39 is 106 Å². The number of hydrogen-bond donors (Lipinski definition) is 2. The van der Waals surface area contributed by atoms with E-state index in [9.17, 15) is 53.1 Å². The van der Waals surface area contributed by atoms with Crippen molar-refractivity contribution in [2.75, 3.05) is 12.9 Å². The third-order valence-corrected chi connectivity index (χ3v) is 6.63. The molecule has 17 heteroatoms. The molecular formula is C25H21F9N2O5S. The maximum Gasteiger partial charge on any atom is 0.416 e. The summed E-state index contributed by atoms with van der Waals surface area (Å²) in [6.07, 6.45) is -15.5. The lowest BCUT2D eigenvalue weighted by Crippen LogP contribution is -2.60. The van der Waals surface area contributed by atoms with Crippen molar-refractivity contribution in [3.63, 3.8) is 0 Å². The molecule has 1 heterocycles. The van der Waals surface area contributed by atoms with Gasteiger partial charge in [-0.05, 0) is 29.7 Å². The SMILES string of the molecule is CS(=O)(=O)NC(=O)C1=C(c2ccc(C(F)F)cc2)CC(c2ccc(OCCCC(F)(F)F)cc2F)(C(F)(F)F)NC1=O. The molecule has 0 aliphatic carbocycles. The number of carbonyl (C=O) groups is 2. The molecule has 0 fully saturated rings. The normalized spacial score (nSPS) is 18.2. The Morgan fingerprint density at radius 2 is 1.69 bits per heavy atom. The fourth-order valence-electron chi connectivity index (χ4n) is 4.21. The summed E-state index contributed by atoms with van der Waals surface area (Å²) in [5.41, 5.74) is -7.45. The predicted octanol–water partition coefficient (Wildman–Crippen LogP) is 5.29. The monoisotopic (exact) mass is 632 g/mol. The molecule has 7 nitrogen and oxygen atoms in total. The van der Waals surface area contributed by atoms with Crippen molar-refractivity contribution >= 4 is 27.4 Å². The summed E-state index contributed by atoms with van der Waals surface area (Å²) in [5.74, 6) is -5.37. The van der Waals surface area contributed by atoms with Crippen LogP contribution in [0.3, 0.4) is 0 Å². The molecule has 0 radical (unpaired) electrons. The first-order valence-corrected chi connectivity index (χ1v) is 13.7. The number of nitrogens with one attached hydrogen (secondary N) is 2. The second-order valence-corrected chi connectivity index (χ2v) is 11.0. The van der Waals surface area contributed by atoms with Gasteiger partial charge in [0.1, 0.15) is 17.1 Å². The maximum absolute atomic E-state index is 15.2. The Balaban J connectivity index is 2.12. The molecule has 1 unspecified atom stereocenters. The number of halogens is 9. The zero-order valence-corrected chi connectivity index (χ0v) is 22.1. The molecule has 0 saturated heterocycles. The van der Waals surface area contributed by atoms with E-state index in [0.29, 0.717) is 18.4 Å². The third-order valence-electron chi connectivity index (χ3n) is 6.07. The van der Waals surface area contributed by atoms with Crippen molar-refractivity contribution in [3.8, 4) is 5.75 Å². The number of alkyl halides is 8. The van der Waals surface area contributed by atoms with E-state index in [1.165, 1.54) is 4.72 Å². The molecule has 0 spiro atoms. The topological polar surface area (TPSA) is 102 Å². The quantitative estimate of drug-likeness (QED) is 0.222. The highest BCUT2D eigenvalue weighted by Crippen LogP contribution is 2.49. The molecule has 42 heavy (non-hydrogen) atoms. The zero-order chi connectivity index (χ0) is 31.7. The molecule has 0 saturated carbocycles. The van der Waals surface area contributed by atoms with Crippen molar-refractivity contribution in [2.45, 2.75) is 43.6 Å². The Morgan fingerprint density at radius 3 is 2.19 bits per heavy atom.